The largest absolute Gasteiger partial charge is 0.490 e. The number of rotatable bonds is 6. The highest BCUT2D eigenvalue weighted by atomic mass is 35.5. The third-order valence-electron chi connectivity index (χ3n) is 5.76. The van der Waals surface area contributed by atoms with Gasteiger partial charge in [0.2, 0.25) is 5.91 Å². The van der Waals surface area contributed by atoms with Gasteiger partial charge in [-0.25, -0.2) is 9.59 Å². The lowest BCUT2D eigenvalue weighted by Gasteiger charge is -2.23. The lowest BCUT2D eigenvalue weighted by Crippen LogP contribution is -2.32. The first-order chi connectivity index (χ1) is 20.5. The number of carbonyl (C=O) groups is 3. The Kier molecular flexibility index (Phi) is 13.4. The quantitative estimate of drug-likeness (QED) is 0.298. The molecule has 44 heavy (non-hydrogen) atoms. The van der Waals surface area contributed by atoms with E-state index in [2.05, 4.69) is 9.97 Å². The molecule has 4 rings (SSSR count). The summed E-state index contributed by atoms with van der Waals surface area (Å²) in [6.07, 6.45) is -4.99. The molecule has 1 fully saturated rings. The van der Waals surface area contributed by atoms with E-state index in [9.17, 15) is 31.1 Å². The van der Waals surface area contributed by atoms with Gasteiger partial charge in [-0.2, -0.15) is 26.3 Å². The van der Waals surface area contributed by atoms with Gasteiger partial charge in [-0.1, -0.05) is 59.6 Å². The van der Waals surface area contributed by atoms with Crippen molar-refractivity contribution in [3.05, 3.63) is 94.0 Å². The highest BCUT2D eigenvalue weighted by Gasteiger charge is 2.39. The molecule has 238 valence electrons. The van der Waals surface area contributed by atoms with Crippen molar-refractivity contribution in [1.29, 1.82) is 0 Å². The molecular formula is C27H23Cl2F6N3O6. The maximum absolute atomic E-state index is 12.9. The number of amides is 1. The van der Waals surface area contributed by atoms with Crippen molar-refractivity contribution in [3.63, 3.8) is 0 Å². The monoisotopic (exact) mass is 669 g/mol. The molecule has 1 aliphatic heterocycles. The Morgan fingerprint density at radius 3 is 1.91 bits per heavy atom. The van der Waals surface area contributed by atoms with E-state index in [1.165, 1.54) is 12.4 Å². The second-order valence-corrected chi connectivity index (χ2v) is 9.62. The summed E-state index contributed by atoms with van der Waals surface area (Å²) in [6, 6.07) is 15.5. The minimum absolute atomic E-state index is 0.0596. The predicted molar refractivity (Wildman–Crippen MR) is 144 cm³/mol. The zero-order chi connectivity index (χ0) is 33.1. The first-order valence-electron chi connectivity index (χ1n) is 12.3. The summed E-state index contributed by atoms with van der Waals surface area (Å²) in [7, 11) is 0. The van der Waals surface area contributed by atoms with Crippen LogP contribution in [0.25, 0.3) is 0 Å². The molecule has 0 aliphatic carbocycles. The van der Waals surface area contributed by atoms with Gasteiger partial charge < -0.3 is 19.8 Å². The molecule has 0 radical (unpaired) electrons. The Balaban J connectivity index is 0.000000402. The van der Waals surface area contributed by atoms with Crippen molar-refractivity contribution < 1.29 is 55.7 Å². The number of likely N-dealkylation sites (tertiary alicyclic amines) is 1. The van der Waals surface area contributed by atoms with Gasteiger partial charge in [0.15, 0.2) is 0 Å². The van der Waals surface area contributed by atoms with E-state index in [1.54, 1.807) is 6.20 Å². The number of carboxylic acids is 2. The predicted octanol–water partition coefficient (Wildman–Crippen LogP) is 6.17. The number of benzene rings is 1. The number of halogens is 8. The highest BCUT2D eigenvalue weighted by Crippen LogP contribution is 2.36. The van der Waals surface area contributed by atoms with Gasteiger partial charge in [-0.05, 0) is 24.1 Å². The Labute approximate surface area is 256 Å². The van der Waals surface area contributed by atoms with E-state index in [1.807, 2.05) is 53.4 Å². The molecule has 2 aromatic heterocycles. The summed E-state index contributed by atoms with van der Waals surface area (Å²) in [5.74, 6) is -5.32. The summed E-state index contributed by atoms with van der Waals surface area (Å²) in [4.78, 5) is 40.9. The molecule has 1 aliphatic rings. The number of pyridine rings is 2. The fraction of sp³-hybridized carbons (Fsp3) is 0.296. The van der Waals surface area contributed by atoms with Gasteiger partial charge in [0.25, 0.3) is 0 Å². The lowest BCUT2D eigenvalue weighted by molar-refractivity contribution is -0.193. The second-order valence-electron chi connectivity index (χ2n) is 8.80. The van der Waals surface area contributed by atoms with Crippen molar-refractivity contribution in [2.75, 3.05) is 19.7 Å². The molecule has 17 heteroatoms. The minimum atomic E-state index is -5.08. The summed E-state index contributed by atoms with van der Waals surface area (Å²) in [5.41, 5.74) is 2.50. The first kappa shape index (κ1) is 36.2. The SMILES string of the molecule is O=C(COC(c1ccccc1)c1c(Cl)cncc1Cl)N1CCC(c2ccccn2)C1.O=C(O)C(F)(F)F.O=C(O)C(F)(F)F. The number of alkyl halides is 6. The third kappa shape index (κ3) is 11.3. The van der Waals surface area contributed by atoms with E-state index < -0.39 is 30.4 Å². The number of aliphatic carboxylic acids is 2. The molecule has 3 heterocycles. The van der Waals surface area contributed by atoms with Crippen LogP contribution in [0.3, 0.4) is 0 Å². The van der Waals surface area contributed by atoms with Crippen LogP contribution in [0.2, 0.25) is 10.0 Å². The van der Waals surface area contributed by atoms with Crippen LogP contribution in [0.1, 0.15) is 35.3 Å². The summed E-state index contributed by atoms with van der Waals surface area (Å²) >= 11 is 12.7. The molecule has 3 aromatic rings. The maximum Gasteiger partial charge on any atom is 0.490 e. The van der Waals surface area contributed by atoms with Gasteiger partial charge >= 0.3 is 24.3 Å². The van der Waals surface area contributed by atoms with Gasteiger partial charge in [0, 0.05) is 48.9 Å². The molecule has 0 saturated carbocycles. The van der Waals surface area contributed by atoms with Crippen molar-refractivity contribution in [2.45, 2.75) is 30.8 Å². The van der Waals surface area contributed by atoms with Crippen LogP contribution in [0, 0.1) is 0 Å². The molecule has 1 aromatic carbocycles. The molecule has 2 unspecified atom stereocenters. The Hall–Kier alpha value is -3.95. The fourth-order valence-electron chi connectivity index (χ4n) is 3.74. The van der Waals surface area contributed by atoms with Crippen LogP contribution in [-0.4, -0.2) is 75.0 Å². The van der Waals surface area contributed by atoms with E-state index in [0.717, 1.165) is 17.7 Å². The number of hydrogen-bond donors (Lipinski definition) is 2. The Morgan fingerprint density at radius 1 is 0.909 bits per heavy atom. The first-order valence-corrected chi connectivity index (χ1v) is 13.0. The van der Waals surface area contributed by atoms with E-state index >= 15 is 0 Å². The molecule has 2 N–H and O–H groups in total. The molecule has 2 atom stereocenters. The van der Waals surface area contributed by atoms with Crippen LogP contribution in [-0.2, 0) is 19.1 Å². The van der Waals surface area contributed by atoms with Crippen molar-refractivity contribution in [3.8, 4) is 0 Å². The zero-order valence-corrected chi connectivity index (χ0v) is 23.7. The normalized spacial score (nSPS) is 15.3. The smallest absolute Gasteiger partial charge is 0.475 e. The average Bonchev–Trinajstić information content (AvgIpc) is 3.46. The zero-order valence-electron chi connectivity index (χ0n) is 22.2. The molecule has 1 amide bonds. The standard InChI is InChI=1S/C23H21Cl2N3O2.2C2HF3O2/c24-18-12-26-13-19(25)22(18)23(16-6-2-1-3-7-16)30-15-21(29)28-11-9-17(14-28)20-8-4-5-10-27-20;2*3-2(4,5)1(6)7/h1-8,10,12-13,17,23H,9,11,14-15H2;2*(H,6,7). The third-order valence-corrected chi connectivity index (χ3v) is 6.36. The Bertz CT molecular complexity index is 1350. The lowest BCUT2D eigenvalue weighted by atomic mass is 10.0. The molecule has 1 saturated heterocycles. The number of ether oxygens (including phenoxy) is 1. The topological polar surface area (TPSA) is 130 Å². The van der Waals surface area contributed by atoms with Crippen molar-refractivity contribution in [2.24, 2.45) is 0 Å². The summed E-state index contributed by atoms with van der Waals surface area (Å²) in [6.45, 7) is 1.27. The summed E-state index contributed by atoms with van der Waals surface area (Å²) < 4.78 is 69.6. The van der Waals surface area contributed by atoms with Crippen LogP contribution in [0.5, 0.6) is 0 Å². The van der Waals surface area contributed by atoms with Gasteiger partial charge in [-0.15, -0.1) is 0 Å². The van der Waals surface area contributed by atoms with E-state index in [4.69, 9.17) is 47.7 Å². The molecular weight excluding hydrogens is 647 g/mol. The molecule has 0 spiro atoms. The Morgan fingerprint density at radius 2 is 1.43 bits per heavy atom. The van der Waals surface area contributed by atoms with Gasteiger partial charge in [-0.3, -0.25) is 14.8 Å². The molecule has 0 bridgehead atoms. The minimum Gasteiger partial charge on any atom is -0.475 e. The number of carboxylic acid groups (broad SMARTS) is 2. The fourth-order valence-corrected chi connectivity index (χ4v) is 4.30. The highest BCUT2D eigenvalue weighted by molar-refractivity contribution is 6.35. The van der Waals surface area contributed by atoms with Crippen molar-refractivity contribution in [1.82, 2.24) is 14.9 Å². The van der Waals surface area contributed by atoms with Gasteiger partial charge in [0.05, 0.1) is 10.0 Å². The number of aromatic nitrogens is 2. The van der Waals surface area contributed by atoms with Crippen LogP contribution in [0.4, 0.5) is 26.3 Å². The number of nitrogens with zero attached hydrogens (tertiary/aromatic N) is 3. The van der Waals surface area contributed by atoms with E-state index in [-0.39, 0.29) is 18.4 Å². The maximum atomic E-state index is 12.9. The van der Waals surface area contributed by atoms with E-state index in [0.29, 0.717) is 28.7 Å². The van der Waals surface area contributed by atoms with Crippen molar-refractivity contribution >= 4 is 41.0 Å². The summed E-state index contributed by atoms with van der Waals surface area (Å²) in [5, 5.41) is 15.1. The molecule has 9 nitrogen and oxygen atoms in total. The second kappa shape index (κ2) is 16.2. The number of hydrogen-bond acceptors (Lipinski definition) is 6. The average molecular weight is 670 g/mol. The number of carbonyl (C=O) groups excluding carboxylic acids is 1. The van der Waals surface area contributed by atoms with Crippen LogP contribution < -0.4 is 0 Å². The van der Waals surface area contributed by atoms with Crippen LogP contribution >= 0.6 is 23.2 Å². The van der Waals surface area contributed by atoms with Crippen LogP contribution in [0.15, 0.2) is 67.1 Å². The van der Waals surface area contributed by atoms with Gasteiger partial charge in [0.1, 0.15) is 12.7 Å².